The zero-order chi connectivity index (χ0) is 13.7. The van der Waals surface area contributed by atoms with E-state index in [4.69, 9.17) is 10.5 Å². The van der Waals surface area contributed by atoms with Gasteiger partial charge in [0.25, 0.3) is 0 Å². The second-order valence-corrected chi connectivity index (χ2v) is 4.81. The molecule has 0 spiro atoms. The minimum atomic E-state index is -0.234. The van der Waals surface area contributed by atoms with Crippen LogP contribution in [0.15, 0.2) is 29.3 Å². The summed E-state index contributed by atoms with van der Waals surface area (Å²) in [4.78, 5) is 4.30. The molecule has 2 rings (SSSR count). The highest BCUT2D eigenvalue weighted by Gasteiger charge is 2.24. The number of nitrogens with two attached hydrogens (primary N) is 1. The molecule has 0 bridgehead atoms. The van der Waals surface area contributed by atoms with Gasteiger partial charge in [-0.3, -0.25) is 4.99 Å². The molecule has 19 heavy (non-hydrogen) atoms. The van der Waals surface area contributed by atoms with Gasteiger partial charge in [-0.25, -0.2) is 0 Å². The van der Waals surface area contributed by atoms with Crippen molar-refractivity contribution < 1.29 is 9.84 Å². The average molecular weight is 263 g/mol. The van der Waals surface area contributed by atoms with Crippen LogP contribution >= 0.6 is 0 Å². The van der Waals surface area contributed by atoms with E-state index in [1.54, 1.807) is 7.11 Å². The Balaban J connectivity index is 1.94. The topological polar surface area (TPSA) is 79.9 Å². The number of anilines is 1. The van der Waals surface area contributed by atoms with E-state index in [1.165, 1.54) is 0 Å². The van der Waals surface area contributed by atoms with Crippen molar-refractivity contribution in [2.24, 2.45) is 16.6 Å². The van der Waals surface area contributed by atoms with Crippen LogP contribution in [0.5, 0.6) is 5.75 Å². The van der Waals surface area contributed by atoms with E-state index < -0.39 is 0 Å². The molecule has 1 aliphatic carbocycles. The van der Waals surface area contributed by atoms with Gasteiger partial charge in [0, 0.05) is 12.5 Å². The van der Waals surface area contributed by atoms with E-state index in [1.807, 2.05) is 24.3 Å². The maximum absolute atomic E-state index is 9.72. The average Bonchev–Trinajstić information content (AvgIpc) is 2.82. The van der Waals surface area contributed by atoms with Crippen LogP contribution in [0.4, 0.5) is 5.69 Å². The molecule has 0 radical (unpaired) electrons. The van der Waals surface area contributed by atoms with E-state index in [0.29, 0.717) is 12.5 Å². The normalized spacial score (nSPS) is 23.4. The number of methoxy groups -OCH3 is 1. The number of hydrogen-bond donors (Lipinski definition) is 3. The van der Waals surface area contributed by atoms with Crippen LogP contribution in [0.2, 0.25) is 0 Å². The fraction of sp³-hybridized carbons (Fsp3) is 0.500. The van der Waals surface area contributed by atoms with Crippen molar-refractivity contribution in [3.8, 4) is 5.75 Å². The van der Waals surface area contributed by atoms with Gasteiger partial charge >= 0.3 is 0 Å². The molecule has 5 heteroatoms. The van der Waals surface area contributed by atoms with Gasteiger partial charge in [-0.05, 0) is 25.0 Å². The standard InChI is InChI=1S/C14H21N3O2/c1-19-13-8-3-2-6-11(13)17-14(15)16-9-10-5-4-7-12(10)18/h2-3,6,8,10,12,18H,4-5,7,9H2,1H3,(H3,15,16,17). The largest absolute Gasteiger partial charge is 0.495 e. The molecule has 4 N–H and O–H groups in total. The summed E-state index contributed by atoms with van der Waals surface area (Å²) in [7, 11) is 1.61. The van der Waals surface area contributed by atoms with Gasteiger partial charge in [0.2, 0.25) is 0 Å². The van der Waals surface area contributed by atoms with E-state index in [-0.39, 0.29) is 12.0 Å². The van der Waals surface area contributed by atoms with Crippen LogP contribution < -0.4 is 15.8 Å². The number of nitrogens with zero attached hydrogens (tertiary/aromatic N) is 1. The summed E-state index contributed by atoms with van der Waals surface area (Å²) < 4.78 is 5.23. The number of aliphatic imine (C=N–C) groups is 1. The number of aliphatic hydroxyl groups excluding tert-OH is 1. The summed E-state index contributed by atoms with van der Waals surface area (Å²) in [6.45, 7) is 0.565. The zero-order valence-electron chi connectivity index (χ0n) is 11.2. The third-order valence-corrected chi connectivity index (χ3v) is 3.48. The van der Waals surface area contributed by atoms with Crippen LogP contribution in [-0.2, 0) is 0 Å². The molecule has 0 aromatic heterocycles. The van der Waals surface area contributed by atoms with Crippen molar-refractivity contribution in [3.05, 3.63) is 24.3 Å². The quantitative estimate of drug-likeness (QED) is 0.569. The van der Waals surface area contributed by atoms with Crippen LogP contribution in [0.25, 0.3) is 0 Å². The molecule has 5 nitrogen and oxygen atoms in total. The Morgan fingerprint density at radius 1 is 1.47 bits per heavy atom. The molecule has 1 aromatic rings. The van der Waals surface area contributed by atoms with Crippen molar-refractivity contribution in [1.82, 2.24) is 0 Å². The van der Waals surface area contributed by atoms with Gasteiger partial charge in [-0.2, -0.15) is 0 Å². The third kappa shape index (κ3) is 3.61. The Hall–Kier alpha value is -1.75. The van der Waals surface area contributed by atoms with E-state index in [0.717, 1.165) is 30.7 Å². The van der Waals surface area contributed by atoms with Crippen molar-refractivity contribution in [1.29, 1.82) is 0 Å². The Labute approximate surface area is 113 Å². The van der Waals surface area contributed by atoms with Crippen molar-refractivity contribution in [2.45, 2.75) is 25.4 Å². The molecule has 0 saturated heterocycles. The summed E-state index contributed by atoms with van der Waals surface area (Å²) in [6, 6.07) is 7.53. The molecule has 0 amide bonds. The van der Waals surface area contributed by atoms with Crippen LogP contribution in [0, 0.1) is 5.92 Å². The predicted octanol–water partition coefficient (Wildman–Crippen LogP) is 1.58. The van der Waals surface area contributed by atoms with Gasteiger partial charge in [-0.15, -0.1) is 0 Å². The Bertz CT molecular complexity index is 448. The first-order chi connectivity index (χ1) is 9.20. The first-order valence-corrected chi connectivity index (χ1v) is 6.58. The monoisotopic (exact) mass is 263 g/mol. The highest BCUT2D eigenvalue weighted by Crippen LogP contribution is 2.26. The molecule has 104 valence electrons. The maximum Gasteiger partial charge on any atom is 0.193 e. The first-order valence-electron chi connectivity index (χ1n) is 6.58. The molecule has 1 aliphatic rings. The minimum absolute atomic E-state index is 0.234. The number of para-hydroxylation sites is 2. The van der Waals surface area contributed by atoms with Crippen LogP contribution in [0.1, 0.15) is 19.3 Å². The van der Waals surface area contributed by atoms with Crippen molar-refractivity contribution in [2.75, 3.05) is 19.0 Å². The molecular formula is C14H21N3O2. The second-order valence-electron chi connectivity index (χ2n) is 4.81. The number of hydrogen-bond acceptors (Lipinski definition) is 3. The number of benzene rings is 1. The lowest BCUT2D eigenvalue weighted by Crippen LogP contribution is -2.25. The lowest BCUT2D eigenvalue weighted by atomic mass is 10.1. The predicted molar refractivity (Wildman–Crippen MR) is 76.5 cm³/mol. The summed E-state index contributed by atoms with van der Waals surface area (Å²) >= 11 is 0. The lowest BCUT2D eigenvalue weighted by molar-refractivity contribution is 0.137. The Morgan fingerprint density at radius 2 is 2.26 bits per heavy atom. The summed E-state index contributed by atoms with van der Waals surface area (Å²) in [5.74, 6) is 1.31. The molecule has 1 fully saturated rings. The summed E-state index contributed by atoms with van der Waals surface area (Å²) in [5.41, 5.74) is 6.64. The number of rotatable bonds is 4. The number of ether oxygens (including phenoxy) is 1. The smallest absolute Gasteiger partial charge is 0.193 e. The maximum atomic E-state index is 9.72. The Kier molecular flexibility index (Phi) is 4.63. The third-order valence-electron chi connectivity index (χ3n) is 3.48. The molecule has 0 heterocycles. The second kappa shape index (κ2) is 6.43. The SMILES string of the molecule is COc1ccccc1NC(N)=NCC1CCCC1O. The van der Waals surface area contributed by atoms with E-state index in [2.05, 4.69) is 10.3 Å². The van der Waals surface area contributed by atoms with Gasteiger partial charge in [0.1, 0.15) is 5.75 Å². The molecule has 1 saturated carbocycles. The fourth-order valence-electron chi connectivity index (χ4n) is 2.37. The van der Waals surface area contributed by atoms with E-state index in [9.17, 15) is 5.11 Å². The molecule has 2 unspecified atom stereocenters. The number of aliphatic hydroxyl groups is 1. The molecule has 2 atom stereocenters. The lowest BCUT2D eigenvalue weighted by Gasteiger charge is -2.13. The molecular weight excluding hydrogens is 242 g/mol. The number of nitrogens with one attached hydrogen (secondary N) is 1. The highest BCUT2D eigenvalue weighted by molar-refractivity contribution is 5.93. The van der Waals surface area contributed by atoms with Crippen molar-refractivity contribution >= 4 is 11.6 Å². The van der Waals surface area contributed by atoms with Gasteiger partial charge in [0.05, 0.1) is 18.9 Å². The van der Waals surface area contributed by atoms with Crippen LogP contribution in [0.3, 0.4) is 0 Å². The fourth-order valence-corrected chi connectivity index (χ4v) is 2.37. The van der Waals surface area contributed by atoms with E-state index >= 15 is 0 Å². The summed E-state index contributed by atoms with van der Waals surface area (Å²) in [5, 5.41) is 12.7. The highest BCUT2D eigenvalue weighted by atomic mass is 16.5. The van der Waals surface area contributed by atoms with Gasteiger partial charge < -0.3 is 20.9 Å². The van der Waals surface area contributed by atoms with Gasteiger partial charge in [-0.1, -0.05) is 18.6 Å². The number of guanidine groups is 1. The summed E-state index contributed by atoms with van der Waals surface area (Å²) in [6.07, 6.45) is 2.73. The molecule has 1 aromatic carbocycles. The van der Waals surface area contributed by atoms with Gasteiger partial charge in [0.15, 0.2) is 5.96 Å². The molecule has 0 aliphatic heterocycles. The van der Waals surface area contributed by atoms with Crippen molar-refractivity contribution in [3.63, 3.8) is 0 Å². The first kappa shape index (κ1) is 13.7. The Morgan fingerprint density at radius 3 is 2.95 bits per heavy atom. The minimum Gasteiger partial charge on any atom is -0.495 e. The zero-order valence-corrected chi connectivity index (χ0v) is 11.2. The van der Waals surface area contributed by atoms with Crippen LogP contribution in [-0.4, -0.2) is 30.8 Å².